The number of carbonyl (C=O) groups is 1. The van der Waals surface area contributed by atoms with Crippen LogP contribution in [0.3, 0.4) is 0 Å². The lowest BCUT2D eigenvalue weighted by atomic mass is 9.91. The van der Waals surface area contributed by atoms with Gasteiger partial charge in [-0.05, 0) is 54.8 Å². The maximum absolute atomic E-state index is 12.2. The smallest absolute Gasteiger partial charge is 0.219 e. The Kier molecular flexibility index (Phi) is 6.24. The van der Waals surface area contributed by atoms with Crippen LogP contribution in [0.25, 0.3) is 0 Å². The van der Waals surface area contributed by atoms with Crippen LogP contribution in [0, 0.1) is 0 Å². The monoisotopic (exact) mass is 420 g/mol. The van der Waals surface area contributed by atoms with Crippen LogP contribution in [0.15, 0.2) is 78.9 Å². The average Bonchev–Trinajstić information content (AvgIpc) is 2.77. The van der Waals surface area contributed by atoms with E-state index in [1.54, 1.807) is 6.92 Å². The number of rotatable bonds is 5. The summed E-state index contributed by atoms with van der Waals surface area (Å²) in [6.45, 7) is 2.38. The van der Waals surface area contributed by atoms with E-state index in [0.717, 1.165) is 36.6 Å². The van der Waals surface area contributed by atoms with Crippen LogP contribution in [0.2, 0.25) is 5.02 Å². The molecule has 0 radical (unpaired) electrons. The van der Waals surface area contributed by atoms with Crippen molar-refractivity contribution in [3.63, 3.8) is 0 Å². The molecule has 2 unspecified atom stereocenters. The van der Waals surface area contributed by atoms with Crippen LogP contribution in [0.5, 0.6) is 11.5 Å². The number of anilines is 1. The topological polar surface area (TPSA) is 41.6 Å². The number of ether oxygens (including phenoxy) is 1. The first-order valence-electron chi connectivity index (χ1n) is 10.2. The number of hydrogen-bond acceptors (Lipinski definition) is 3. The molecule has 1 N–H and O–H groups in total. The van der Waals surface area contributed by atoms with Crippen molar-refractivity contribution in [3.05, 3.63) is 89.4 Å². The molecule has 3 aromatic carbocycles. The molecule has 4 rings (SSSR count). The minimum atomic E-state index is 0.0688. The fourth-order valence-electron chi connectivity index (χ4n) is 3.99. The van der Waals surface area contributed by atoms with Gasteiger partial charge in [-0.2, -0.15) is 0 Å². The van der Waals surface area contributed by atoms with Gasteiger partial charge in [0.15, 0.2) is 5.75 Å². The van der Waals surface area contributed by atoms with E-state index in [1.807, 2.05) is 71.6 Å². The molecule has 1 amide bonds. The molecule has 1 heterocycles. The minimum Gasteiger partial charge on any atom is -0.455 e. The van der Waals surface area contributed by atoms with Gasteiger partial charge in [0.05, 0.1) is 11.7 Å². The summed E-state index contributed by atoms with van der Waals surface area (Å²) in [5, 5.41) is 4.33. The van der Waals surface area contributed by atoms with Gasteiger partial charge in [-0.3, -0.25) is 4.79 Å². The second-order valence-corrected chi connectivity index (χ2v) is 7.99. The number of hydrogen-bond donors (Lipinski definition) is 1. The number of halogens is 1. The molecule has 0 saturated carbocycles. The van der Waals surface area contributed by atoms with Crippen molar-refractivity contribution in [1.29, 1.82) is 0 Å². The Morgan fingerprint density at radius 3 is 2.43 bits per heavy atom. The standard InChI is InChI=1S/C25H25ClN2O2/c1-18(29)28-16-15-21(17-24(28)19-7-3-2-4-8-19)27-23-9-5-6-10-25(23)30-22-13-11-20(26)12-14-22/h2-14,21,24,27H,15-17H2,1H3. The molecule has 0 bridgehead atoms. The van der Waals surface area contributed by atoms with E-state index in [9.17, 15) is 4.79 Å². The van der Waals surface area contributed by atoms with Crippen molar-refractivity contribution in [2.24, 2.45) is 0 Å². The van der Waals surface area contributed by atoms with E-state index >= 15 is 0 Å². The number of nitrogens with one attached hydrogen (secondary N) is 1. The van der Waals surface area contributed by atoms with E-state index < -0.39 is 0 Å². The molecule has 0 aromatic heterocycles. The van der Waals surface area contributed by atoms with Gasteiger partial charge in [0.25, 0.3) is 0 Å². The molecule has 1 saturated heterocycles. The highest BCUT2D eigenvalue weighted by atomic mass is 35.5. The Labute approximate surface area is 182 Å². The van der Waals surface area contributed by atoms with E-state index in [1.165, 1.54) is 5.56 Å². The molecule has 2 atom stereocenters. The first kappa shape index (κ1) is 20.3. The summed E-state index contributed by atoms with van der Waals surface area (Å²) in [5.74, 6) is 1.63. The third kappa shape index (κ3) is 4.77. The lowest BCUT2D eigenvalue weighted by Crippen LogP contribution is -2.43. The third-order valence-corrected chi connectivity index (χ3v) is 5.73. The molecule has 1 fully saturated rings. The molecule has 5 heteroatoms. The van der Waals surface area contributed by atoms with Gasteiger partial charge in [-0.1, -0.05) is 54.1 Å². The highest BCUT2D eigenvalue weighted by Gasteiger charge is 2.31. The van der Waals surface area contributed by atoms with Crippen LogP contribution in [0.4, 0.5) is 5.69 Å². The Morgan fingerprint density at radius 1 is 1.00 bits per heavy atom. The fraction of sp³-hybridized carbons (Fsp3) is 0.240. The SMILES string of the molecule is CC(=O)N1CCC(Nc2ccccc2Oc2ccc(Cl)cc2)CC1c1ccccc1. The largest absolute Gasteiger partial charge is 0.455 e. The van der Waals surface area contributed by atoms with Gasteiger partial charge in [0.1, 0.15) is 5.75 Å². The summed E-state index contributed by atoms with van der Waals surface area (Å²) in [7, 11) is 0. The molecule has 1 aliphatic heterocycles. The van der Waals surface area contributed by atoms with Gasteiger partial charge >= 0.3 is 0 Å². The first-order chi connectivity index (χ1) is 14.6. The molecule has 154 valence electrons. The normalized spacial score (nSPS) is 18.7. The zero-order valence-corrected chi connectivity index (χ0v) is 17.7. The maximum atomic E-state index is 12.2. The van der Waals surface area contributed by atoms with Crippen molar-refractivity contribution in [3.8, 4) is 11.5 Å². The molecular formula is C25H25ClN2O2. The van der Waals surface area contributed by atoms with Gasteiger partial charge < -0.3 is 15.0 Å². The van der Waals surface area contributed by atoms with Gasteiger partial charge in [0.2, 0.25) is 5.91 Å². The minimum absolute atomic E-state index is 0.0688. The summed E-state index contributed by atoms with van der Waals surface area (Å²) < 4.78 is 6.09. The second-order valence-electron chi connectivity index (χ2n) is 7.56. The summed E-state index contributed by atoms with van der Waals surface area (Å²) in [5.41, 5.74) is 2.12. The number of piperidine rings is 1. The van der Waals surface area contributed by atoms with E-state index in [4.69, 9.17) is 16.3 Å². The van der Waals surface area contributed by atoms with Crippen molar-refractivity contribution in [1.82, 2.24) is 4.90 Å². The quantitative estimate of drug-likeness (QED) is 0.526. The zero-order valence-electron chi connectivity index (χ0n) is 16.9. The van der Waals surface area contributed by atoms with Crippen LogP contribution < -0.4 is 10.1 Å². The van der Waals surface area contributed by atoms with E-state index in [-0.39, 0.29) is 18.0 Å². The average molecular weight is 421 g/mol. The molecule has 0 aliphatic carbocycles. The Hall–Kier alpha value is -2.98. The fourth-order valence-corrected chi connectivity index (χ4v) is 4.11. The number of benzene rings is 3. The Morgan fingerprint density at radius 2 is 1.70 bits per heavy atom. The lowest BCUT2D eigenvalue weighted by molar-refractivity contribution is -0.132. The summed E-state index contributed by atoms with van der Waals surface area (Å²) in [6, 6.07) is 25.8. The Bertz CT molecular complexity index is 992. The number of amides is 1. The summed E-state index contributed by atoms with van der Waals surface area (Å²) in [4.78, 5) is 14.2. The van der Waals surface area contributed by atoms with Crippen molar-refractivity contribution in [2.45, 2.75) is 31.8 Å². The number of carbonyl (C=O) groups excluding carboxylic acids is 1. The first-order valence-corrected chi connectivity index (χ1v) is 10.6. The molecule has 0 spiro atoms. The molecule has 4 nitrogen and oxygen atoms in total. The molecule has 1 aliphatic rings. The Balaban J connectivity index is 1.52. The predicted molar refractivity (Wildman–Crippen MR) is 121 cm³/mol. The summed E-state index contributed by atoms with van der Waals surface area (Å²) >= 11 is 5.98. The molecule has 30 heavy (non-hydrogen) atoms. The molecule has 3 aromatic rings. The summed E-state index contributed by atoms with van der Waals surface area (Å²) in [6.07, 6.45) is 1.73. The van der Waals surface area contributed by atoms with Gasteiger partial charge in [0, 0.05) is 24.5 Å². The molecular weight excluding hydrogens is 396 g/mol. The second kappa shape index (κ2) is 9.23. The zero-order chi connectivity index (χ0) is 20.9. The van der Waals surface area contributed by atoms with Gasteiger partial charge in [-0.25, -0.2) is 0 Å². The highest BCUT2D eigenvalue weighted by molar-refractivity contribution is 6.30. The van der Waals surface area contributed by atoms with Crippen LogP contribution in [0.1, 0.15) is 31.4 Å². The maximum Gasteiger partial charge on any atom is 0.219 e. The van der Waals surface area contributed by atoms with E-state index in [0.29, 0.717) is 5.02 Å². The van der Waals surface area contributed by atoms with Crippen LogP contribution in [-0.4, -0.2) is 23.4 Å². The predicted octanol–water partition coefficient (Wildman–Crippen LogP) is 6.30. The van der Waals surface area contributed by atoms with Crippen LogP contribution >= 0.6 is 11.6 Å². The van der Waals surface area contributed by atoms with Crippen molar-refractivity contribution >= 4 is 23.2 Å². The van der Waals surface area contributed by atoms with Crippen molar-refractivity contribution < 1.29 is 9.53 Å². The number of para-hydroxylation sites is 2. The third-order valence-electron chi connectivity index (χ3n) is 5.48. The van der Waals surface area contributed by atoms with Crippen LogP contribution in [-0.2, 0) is 4.79 Å². The highest BCUT2D eigenvalue weighted by Crippen LogP contribution is 2.35. The van der Waals surface area contributed by atoms with Gasteiger partial charge in [-0.15, -0.1) is 0 Å². The lowest BCUT2D eigenvalue weighted by Gasteiger charge is -2.40. The number of likely N-dealkylation sites (tertiary alicyclic amines) is 1. The number of nitrogens with zero attached hydrogens (tertiary/aromatic N) is 1. The van der Waals surface area contributed by atoms with Crippen molar-refractivity contribution in [2.75, 3.05) is 11.9 Å². The van der Waals surface area contributed by atoms with E-state index in [2.05, 4.69) is 17.4 Å².